The molecule has 3 aliphatic heterocycles. The number of ether oxygens (including phenoxy) is 1. The molecule has 4 heteroatoms. The predicted octanol–water partition coefficient (Wildman–Crippen LogP) is 2.42. The van der Waals surface area contributed by atoms with Gasteiger partial charge in [0.15, 0.2) is 0 Å². The molecule has 0 unspecified atom stereocenters. The fourth-order valence-electron chi connectivity index (χ4n) is 7.68. The number of nitrogens with zero attached hydrogens (tertiary/aromatic N) is 1. The monoisotopic (exact) mass is 336 g/mol. The Morgan fingerprint density at radius 3 is 3.04 bits per heavy atom. The molecule has 0 radical (unpaired) electrons. The highest BCUT2D eigenvalue weighted by atomic mass is 16.5. The first-order valence-corrected chi connectivity index (χ1v) is 9.50. The van der Waals surface area contributed by atoms with Crippen molar-refractivity contribution in [1.82, 2.24) is 4.90 Å². The lowest BCUT2D eigenvalue weighted by Gasteiger charge is -2.54. The number of para-hydroxylation sites is 1. The molecule has 2 aliphatic carbocycles. The third-order valence-electron chi connectivity index (χ3n) is 8.29. The van der Waals surface area contributed by atoms with Crippen LogP contribution < -0.4 is 5.32 Å². The van der Waals surface area contributed by atoms with Crippen molar-refractivity contribution in [3.05, 3.63) is 42.0 Å². The van der Waals surface area contributed by atoms with Crippen LogP contribution in [0.3, 0.4) is 0 Å². The van der Waals surface area contributed by atoms with Gasteiger partial charge in [-0.1, -0.05) is 37.3 Å². The number of esters is 1. The van der Waals surface area contributed by atoms with Gasteiger partial charge in [-0.05, 0) is 29.9 Å². The molecule has 1 aromatic rings. The Morgan fingerprint density at radius 2 is 2.20 bits per heavy atom. The molecule has 1 spiro atoms. The minimum atomic E-state index is -0.0798. The Kier molecular flexibility index (Phi) is 2.47. The van der Waals surface area contributed by atoms with Crippen molar-refractivity contribution < 1.29 is 9.53 Å². The Labute approximate surface area is 148 Å². The van der Waals surface area contributed by atoms with Gasteiger partial charge in [0, 0.05) is 35.6 Å². The van der Waals surface area contributed by atoms with Crippen LogP contribution in [0, 0.1) is 23.2 Å². The van der Waals surface area contributed by atoms with E-state index in [9.17, 15) is 4.79 Å². The highest BCUT2D eigenvalue weighted by Gasteiger charge is 2.80. The number of nitrogens with one attached hydrogen (secondary N) is 1. The second-order valence-corrected chi connectivity index (χ2v) is 8.70. The van der Waals surface area contributed by atoms with E-state index in [1.165, 1.54) is 18.4 Å². The average Bonchev–Trinajstić information content (AvgIpc) is 3.22. The van der Waals surface area contributed by atoms with Crippen LogP contribution in [0.5, 0.6) is 0 Å². The number of benzene rings is 1. The van der Waals surface area contributed by atoms with Gasteiger partial charge in [0.1, 0.15) is 0 Å². The van der Waals surface area contributed by atoms with Crippen molar-refractivity contribution in [3.63, 3.8) is 0 Å². The van der Waals surface area contributed by atoms with Gasteiger partial charge in [-0.25, -0.2) is 0 Å². The first-order valence-electron chi connectivity index (χ1n) is 9.50. The SMILES string of the molecule is COC(=O)[C@@H]1C[C@@]23C=CCN4C[C@H]([C@H]2C)[C@]2(c5ccccc5N[C@H]12)[C@H]43. The summed E-state index contributed by atoms with van der Waals surface area (Å²) in [6.45, 7) is 4.63. The lowest BCUT2D eigenvalue weighted by molar-refractivity contribution is -0.150. The molecule has 5 aliphatic rings. The van der Waals surface area contributed by atoms with E-state index in [-0.39, 0.29) is 28.8 Å². The van der Waals surface area contributed by atoms with Crippen LogP contribution in [0.25, 0.3) is 0 Å². The van der Waals surface area contributed by atoms with Crippen LogP contribution in [0.4, 0.5) is 5.69 Å². The fourth-order valence-corrected chi connectivity index (χ4v) is 7.68. The molecule has 1 aromatic carbocycles. The van der Waals surface area contributed by atoms with Crippen molar-refractivity contribution in [2.24, 2.45) is 23.2 Å². The molecule has 130 valence electrons. The summed E-state index contributed by atoms with van der Waals surface area (Å²) in [5, 5.41) is 3.78. The number of hydrogen-bond acceptors (Lipinski definition) is 4. The predicted molar refractivity (Wildman–Crippen MR) is 95.2 cm³/mol. The Bertz CT molecular complexity index is 820. The van der Waals surface area contributed by atoms with Crippen LogP contribution in [-0.2, 0) is 14.9 Å². The summed E-state index contributed by atoms with van der Waals surface area (Å²) in [6.07, 6.45) is 5.71. The molecule has 6 rings (SSSR count). The Balaban J connectivity index is 1.66. The number of hydrogen-bond donors (Lipinski definition) is 1. The number of piperidine rings is 1. The summed E-state index contributed by atoms with van der Waals surface area (Å²) < 4.78 is 5.26. The van der Waals surface area contributed by atoms with E-state index in [0.717, 1.165) is 19.5 Å². The van der Waals surface area contributed by atoms with E-state index >= 15 is 0 Å². The largest absolute Gasteiger partial charge is 0.469 e. The van der Waals surface area contributed by atoms with Crippen molar-refractivity contribution in [2.75, 3.05) is 25.5 Å². The molecule has 25 heavy (non-hydrogen) atoms. The van der Waals surface area contributed by atoms with Gasteiger partial charge in [0.25, 0.3) is 0 Å². The third kappa shape index (κ3) is 1.31. The average molecular weight is 336 g/mol. The summed E-state index contributed by atoms with van der Waals surface area (Å²) in [4.78, 5) is 15.5. The lowest BCUT2D eigenvalue weighted by atomic mass is 9.56. The Morgan fingerprint density at radius 1 is 1.36 bits per heavy atom. The fraction of sp³-hybridized carbons (Fsp3) is 0.571. The summed E-state index contributed by atoms with van der Waals surface area (Å²) >= 11 is 0. The first kappa shape index (κ1) is 14.4. The van der Waals surface area contributed by atoms with E-state index in [4.69, 9.17) is 4.74 Å². The number of anilines is 1. The number of fused-ring (bicyclic) bond motifs is 1. The highest BCUT2D eigenvalue weighted by molar-refractivity contribution is 5.79. The normalized spacial score (nSPS) is 48.0. The summed E-state index contributed by atoms with van der Waals surface area (Å²) in [6, 6.07) is 9.42. The molecule has 3 heterocycles. The molecule has 3 fully saturated rings. The van der Waals surface area contributed by atoms with Crippen LogP contribution >= 0.6 is 0 Å². The van der Waals surface area contributed by atoms with E-state index in [1.807, 2.05) is 0 Å². The molecular weight excluding hydrogens is 312 g/mol. The smallest absolute Gasteiger partial charge is 0.310 e. The van der Waals surface area contributed by atoms with Gasteiger partial charge in [-0.3, -0.25) is 9.69 Å². The summed E-state index contributed by atoms with van der Waals surface area (Å²) in [5.74, 6) is 1.06. The van der Waals surface area contributed by atoms with Gasteiger partial charge in [0.05, 0.1) is 19.1 Å². The molecule has 1 N–H and O–H groups in total. The Hall–Kier alpha value is -1.81. The van der Waals surface area contributed by atoms with Crippen LogP contribution in [0.1, 0.15) is 18.9 Å². The standard InChI is InChI=1S/C21H24N2O2/c1-12-15-11-23-9-5-8-20(12)10-13(18(24)25-2)17-21(15,19(20)23)14-6-3-4-7-16(14)22-17/h3-8,12-13,15,17,19,22H,9-11H2,1-2H3/t12-,13-,15-,17-,19-,20+,21+/m1/s1. The van der Waals surface area contributed by atoms with Crippen LogP contribution in [-0.4, -0.2) is 43.2 Å². The summed E-state index contributed by atoms with van der Waals surface area (Å²) in [5.41, 5.74) is 2.82. The molecular formula is C21H24N2O2. The number of carbonyl (C=O) groups excluding carboxylic acids is 1. The minimum absolute atomic E-state index is 0.0396. The maximum Gasteiger partial charge on any atom is 0.310 e. The van der Waals surface area contributed by atoms with E-state index in [1.54, 1.807) is 0 Å². The van der Waals surface area contributed by atoms with E-state index in [0.29, 0.717) is 17.9 Å². The zero-order valence-electron chi connectivity index (χ0n) is 14.7. The number of methoxy groups -OCH3 is 1. The van der Waals surface area contributed by atoms with Crippen molar-refractivity contribution in [1.29, 1.82) is 0 Å². The zero-order chi connectivity index (χ0) is 17.0. The molecule has 0 aromatic heterocycles. The lowest BCUT2D eigenvalue weighted by Crippen LogP contribution is -2.63. The maximum absolute atomic E-state index is 12.8. The van der Waals surface area contributed by atoms with Gasteiger partial charge in [-0.2, -0.15) is 0 Å². The number of rotatable bonds is 1. The zero-order valence-corrected chi connectivity index (χ0v) is 14.7. The van der Waals surface area contributed by atoms with Gasteiger partial charge >= 0.3 is 5.97 Å². The minimum Gasteiger partial charge on any atom is -0.469 e. The molecule has 0 amide bonds. The maximum atomic E-state index is 12.8. The first-order chi connectivity index (χ1) is 12.1. The molecule has 2 saturated carbocycles. The molecule has 7 atom stereocenters. The van der Waals surface area contributed by atoms with Crippen molar-refractivity contribution in [3.8, 4) is 0 Å². The van der Waals surface area contributed by atoms with Gasteiger partial charge < -0.3 is 10.1 Å². The van der Waals surface area contributed by atoms with Crippen molar-refractivity contribution in [2.45, 2.75) is 30.8 Å². The van der Waals surface area contributed by atoms with E-state index < -0.39 is 0 Å². The van der Waals surface area contributed by atoms with Gasteiger partial charge in [-0.15, -0.1) is 0 Å². The highest BCUT2D eigenvalue weighted by Crippen LogP contribution is 2.74. The topological polar surface area (TPSA) is 41.6 Å². The summed E-state index contributed by atoms with van der Waals surface area (Å²) in [7, 11) is 1.53. The molecule has 4 bridgehead atoms. The third-order valence-corrected chi connectivity index (χ3v) is 8.29. The van der Waals surface area contributed by atoms with Crippen molar-refractivity contribution >= 4 is 11.7 Å². The second kappa shape index (κ2) is 4.29. The van der Waals surface area contributed by atoms with E-state index in [2.05, 4.69) is 53.6 Å². The number of carbonyl (C=O) groups is 1. The molecule has 4 nitrogen and oxygen atoms in total. The van der Waals surface area contributed by atoms with Gasteiger partial charge in [0.2, 0.25) is 0 Å². The quantitative estimate of drug-likeness (QED) is 0.632. The molecule has 1 saturated heterocycles. The van der Waals surface area contributed by atoms with Crippen LogP contribution in [0.15, 0.2) is 36.4 Å². The van der Waals surface area contributed by atoms with Crippen LogP contribution in [0.2, 0.25) is 0 Å². The second-order valence-electron chi connectivity index (χ2n) is 8.70.